The van der Waals surface area contributed by atoms with Gasteiger partial charge in [0.15, 0.2) is 11.6 Å². The maximum atomic E-state index is 13.5. The number of aromatic nitrogens is 1. The van der Waals surface area contributed by atoms with Crippen LogP contribution in [0.4, 0.5) is 10.1 Å². The Morgan fingerprint density at radius 2 is 1.95 bits per heavy atom. The summed E-state index contributed by atoms with van der Waals surface area (Å²) < 4.78 is 18.9. The molecule has 0 amide bonds. The fourth-order valence-electron chi connectivity index (χ4n) is 2.12. The predicted molar refractivity (Wildman–Crippen MR) is 73.4 cm³/mol. The van der Waals surface area contributed by atoms with E-state index in [1.54, 1.807) is 18.2 Å². The minimum absolute atomic E-state index is 0.242. The summed E-state index contributed by atoms with van der Waals surface area (Å²) in [6.45, 7) is 0.273. The van der Waals surface area contributed by atoms with Crippen molar-refractivity contribution in [1.82, 2.24) is 4.98 Å². The van der Waals surface area contributed by atoms with Gasteiger partial charge in [-0.25, -0.2) is 4.39 Å². The van der Waals surface area contributed by atoms with E-state index in [1.807, 2.05) is 24.4 Å². The summed E-state index contributed by atoms with van der Waals surface area (Å²) in [6, 6.07) is 12.0. The number of nitrogens with one attached hydrogen (secondary N) is 1. The summed E-state index contributed by atoms with van der Waals surface area (Å²) in [5, 5.41) is 0.929. The smallest absolute Gasteiger partial charge is 0.165 e. The van der Waals surface area contributed by atoms with Crippen LogP contribution in [-0.2, 0) is 6.61 Å². The molecule has 19 heavy (non-hydrogen) atoms. The number of hydrogen-bond acceptors (Lipinski definition) is 2. The van der Waals surface area contributed by atoms with Gasteiger partial charge < -0.3 is 15.5 Å². The van der Waals surface area contributed by atoms with E-state index < -0.39 is 0 Å². The van der Waals surface area contributed by atoms with E-state index in [2.05, 4.69) is 4.98 Å². The largest absolute Gasteiger partial charge is 0.486 e. The van der Waals surface area contributed by atoms with Crippen molar-refractivity contribution in [2.75, 3.05) is 5.73 Å². The first-order valence-corrected chi connectivity index (χ1v) is 5.97. The molecule has 0 fully saturated rings. The number of aromatic amines is 1. The Morgan fingerprint density at radius 1 is 1.11 bits per heavy atom. The quantitative estimate of drug-likeness (QED) is 0.705. The number of benzene rings is 2. The molecule has 1 heterocycles. The average Bonchev–Trinajstić information content (AvgIpc) is 2.83. The second-order valence-corrected chi connectivity index (χ2v) is 4.30. The third kappa shape index (κ3) is 2.12. The summed E-state index contributed by atoms with van der Waals surface area (Å²) in [5.41, 5.74) is 8.50. The fourth-order valence-corrected chi connectivity index (χ4v) is 2.12. The monoisotopic (exact) mass is 256 g/mol. The number of anilines is 1. The summed E-state index contributed by atoms with van der Waals surface area (Å²) in [5.74, 6) is -0.123. The van der Waals surface area contributed by atoms with E-state index >= 15 is 0 Å². The molecule has 0 aliphatic heterocycles. The molecule has 3 N–H and O–H groups in total. The summed E-state index contributed by atoms with van der Waals surface area (Å²) in [4.78, 5) is 3.13. The van der Waals surface area contributed by atoms with Crippen LogP contribution >= 0.6 is 0 Å². The van der Waals surface area contributed by atoms with Gasteiger partial charge in [-0.15, -0.1) is 0 Å². The molecule has 3 aromatic rings. The van der Waals surface area contributed by atoms with Crippen molar-refractivity contribution in [1.29, 1.82) is 0 Å². The lowest BCUT2D eigenvalue weighted by atomic mass is 10.1. The highest BCUT2D eigenvalue weighted by atomic mass is 19.1. The van der Waals surface area contributed by atoms with Gasteiger partial charge in [-0.05, 0) is 24.3 Å². The van der Waals surface area contributed by atoms with Crippen molar-refractivity contribution >= 4 is 16.6 Å². The Labute approximate surface area is 109 Å². The van der Waals surface area contributed by atoms with Crippen molar-refractivity contribution in [2.45, 2.75) is 6.61 Å². The Bertz CT molecular complexity index is 721. The van der Waals surface area contributed by atoms with E-state index in [0.29, 0.717) is 5.69 Å². The molecule has 0 saturated heterocycles. The lowest BCUT2D eigenvalue weighted by molar-refractivity contribution is 0.291. The number of halogens is 1. The third-order valence-corrected chi connectivity index (χ3v) is 3.04. The lowest BCUT2D eigenvalue weighted by Gasteiger charge is -2.07. The summed E-state index contributed by atoms with van der Waals surface area (Å²) >= 11 is 0. The van der Waals surface area contributed by atoms with Crippen molar-refractivity contribution < 1.29 is 9.13 Å². The molecule has 0 radical (unpaired) electrons. The van der Waals surface area contributed by atoms with Crippen LogP contribution in [0.15, 0.2) is 48.7 Å². The van der Waals surface area contributed by atoms with Gasteiger partial charge in [0.2, 0.25) is 0 Å². The number of hydrogen-bond donors (Lipinski definition) is 2. The van der Waals surface area contributed by atoms with Gasteiger partial charge in [0.05, 0.1) is 0 Å². The maximum Gasteiger partial charge on any atom is 0.165 e. The van der Waals surface area contributed by atoms with E-state index in [1.165, 1.54) is 6.07 Å². The highest BCUT2D eigenvalue weighted by Crippen LogP contribution is 2.26. The van der Waals surface area contributed by atoms with Crippen molar-refractivity contribution in [3.05, 3.63) is 60.0 Å². The third-order valence-electron chi connectivity index (χ3n) is 3.04. The Balaban J connectivity index is 1.89. The molecule has 0 spiro atoms. The first kappa shape index (κ1) is 11.6. The lowest BCUT2D eigenvalue weighted by Crippen LogP contribution is -1.97. The molecular formula is C15H13FN2O. The first-order valence-electron chi connectivity index (χ1n) is 5.97. The van der Waals surface area contributed by atoms with Crippen LogP contribution in [0.2, 0.25) is 0 Å². The SMILES string of the molecule is Nc1cccc2[nH]cc(COc3ccccc3F)c12. The molecule has 3 rings (SSSR count). The van der Waals surface area contributed by atoms with Crippen LogP contribution in [0.3, 0.4) is 0 Å². The van der Waals surface area contributed by atoms with E-state index in [9.17, 15) is 4.39 Å². The minimum Gasteiger partial charge on any atom is -0.486 e. The summed E-state index contributed by atoms with van der Waals surface area (Å²) in [6.07, 6.45) is 1.84. The molecular weight excluding hydrogens is 243 g/mol. The van der Waals surface area contributed by atoms with Gasteiger partial charge in [0, 0.05) is 28.4 Å². The Hall–Kier alpha value is -2.49. The highest BCUT2D eigenvalue weighted by Gasteiger charge is 2.08. The van der Waals surface area contributed by atoms with Gasteiger partial charge in [-0.1, -0.05) is 18.2 Å². The maximum absolute atomic E-state index is 13.5. The van der Waals surface area contributed by atoms with Gasteiger partial charge in [-0.3, -0.25) is 0 Å². The van der Waals surface area contributed by atoms with Crippen molar-refractivity contribution in [3.8, 4) is 5.75 Å². The Kier molecular flexibility index (Phi) is 2.83. The number of ether oxygens (including phenoxy) is 1. The van der Waals surface area contributed by atoms with Gasteiger partial charge >= 0.3 is 0 Å². The topological polar surface area (TPSA) is 51.0 Å². The van der Waals surface area contributed by atoms with Crippen molar-refractivity contribution in [3.63, 3.8) is 0 Å². The molecule has 96 valence electrons. The molecule has 0 unspecified atom stereocenters. The van der Waals surface area contributed by atoms with Crippen LogP contribution in [0.25, 0.3) is 10.9 Å². The summed E-state index contributed by atoms with van der Waals surface area (Å²) in [7, 11) is 0. The number of fused-ring (bicyclic) bond motifs is 1. The average molecular weight is 256 g/mol. The van der Waals surface area contributed by atoms with Gasteiger partial charge in [-0.2, -0.15) is 0 Å². The fraction of sp³-hybridized carbons (Fsp3) is 0.0667. The molecule has 0 bridgehead atoms. The first-order chi connectivity index (χ1) is 9.25. The molecule has 0 atom stereocenters. The van der Waals surface area contributed by atoms with Crippen LogP contribution in [0.5, 0.6) is 5.75 Å². The molecule has 1 aromatic heterocycles. The van der Waals surface area contributed by atoms with Crippen LogP contribution < -0.4 is 10.5 Å². The second kappa shape index (κ2) is 4.65. The number of nitrogens with two attached hydrogens (primary N) is 1. The number of para-hydroxylation sites is 1. The molecule has 0 aliphatic carbocycles. The molecule has 0 aliphatic rings. The van der Waals surface area contributed by atoms with Crippen molar-refractivity contribution in [2.24, 2.45) is 0 Å². The minimum atomic E-state index is -0.365. The van der Waals surface area contributed by atoms with Gasteiger partial charge in [0.1, 0.15) is 6.61 Å². The van der Waals surface area contributed by atoms with Crippen LogP contribution in [0, 0.1) is 5.82 Å². The zero-order valence-corrected chi connectivity index (χ0v) is 10.2. The molecule has 4 heteroatoms. The van der Waals surface area contributed by atoms with E-state index in [-0.39, 0.29) is 18.2 Å². The molecule has 0 saturated carbocycles. The van der Waals surface area contributed by atoms with E-state index in [4.69, 9.17) is 10.5 Å². The predicted octanol–water partition coefficient (Wildman–Crippen LogP) is 3.47. The number of H-pyrrole nitrogens is 1. The highest BCUT2D eigenvalue weighted by molar-refractivity contribution is 5.93. The Morgan fingerprint density at radius 3 is 2.79 bits per heavy atom. The zero-order chi connectivity index (χ0) is 13.2. The normalized spacial score (nSPS) is 10.8. The molecule has 2 aromatic carbocycles. The number of nitrogen functional groups attached to an aromatic ring is 1. The number of rotatable bonds is 3. The second-order valence-electron chi connectivity index (χ2n) is 4.30. The standard InChI is InChI=1S/C15H13FN2O/c16-11-4-1-2-7-14(11)19-9-10-8-18-13-6-3-5-12(17)15(10)13/h1-8,18H,9,17H2. The van der Waals surface area contributed by atoms with E-state index in [0.717, 1.165) is 16.5 Å². The van der Waals surface area contributed by atoms with Crippen LogP contribution in [-0.4, -0.2) is 4.98 Å². The van der Waals surface area contributed by atoms with Crippen LogP contribution in [0.1, 0.15) is 5.56 Å². The zero-order valence-electron chi connectivity index (χ0n) is 10.2. The molecule has 3 nitrogen and oxygen atoms in total. The van der Waals surface area contributed by atoms with Gasteiger partial charge in [0.25, 0.3) is 0 Å².